The molecule has 1 atom stereocenters. The molecule has 0 N–H and O–H groups in total. The topological polar surface area (TPSA) is 68.2 Å². The van der Waals surface area contributed by atoms with E-state index in [-0.39, 0.29) is 5.91 Å². The van der Waals surface area contributed by atoms with Gasteiger partial charge in [-0.1, -0.05) is 74.5 Å². The number of aromatic nitrogens is 3. The number of para-hydroxylation sites is 1. The van der Waals surface area contributed by atoms with Crippen LogP contribution in [0.15, 0.2) is 53.7 Å². The van der Waals surface area contributed by atoms with E-state index in [0.29, 0.717) is 39.8 Å². The lowest BCUT2D eigenvalue weighted by Crippen LogP contribution is -2.37. The van der Waals surface area contributed by atoms with Gasteiger partial charge in [0.15, 0.2) is 5.69 Å². The van der Waals surface area contributed by atoms with Crippen LogP contribution in [0.25, 0.3) is 11.3 Å². The number of halogens is 1. The van der Waals surface area contributed by atoms with Gasteiger partial charge in [0.2, 0.25) is 23.2 Å². The highest BCUT2D eigenvalue weighted by molar-refractivity contribution is 7.99. The first-order chi connectivity index (χ1) is 15.5. The molecule has 1 aromatic heterocycles. The molecule has 0 saturated heterocycles. The summed E-state index contributed by atoms with van der Waals surface area (Å²) in [7, 11) is 0. The van der Waals surface area contributed by atoms with Crippen LogP contribution in [0.2, 0.25) is 5.02 Å². The number of ether oxygens (including phenoxy) is 1. The molecule has 32 heavy (non-hydrogen) atoms. The molecule has 1 amide bonds. The Kier molecular flexibility index (Phi) is 6.96. The fraction of sp³-hybridized carbons (Fsp3) is 0.333. The molecule has 0 radical (unpaired) electrons. The molecule has 0 bridgehead atoms. The van der Waals surface area contributed by atoms with Crippen LogP contribution in [-0.2, 0) is 4.79 Å². The largest absolute Gasteiger partial charge is 0.447 e. The summed E-state index contributed by atoms with van der Waals surface area (Å²) in [5.41, 5.74) is 2.76. The molecule has 0 fully saturated rings. The minimum atomic E-state index is -0.727. The average Bonchev–Trinajstić information content (AvgIpc) is 2.92. The zero-order chi connectivity index (χ0) is 22.7. The predicted octanol–water partition coefficient (Wildman–Crippen LogP) is 6.16. The summed E-state index contributed by atoms with van der Waals surface area (Å²) in [5.74, 6) is 1.68. The van der Waals surface area contributed by atoms with Crippen molar-refractivity contribution in [1.29, 1.82) is 0 Å². The molecule has 6 nitrogen and oxygen atoms in total. The van der Waals surface area contributed by atoms with Gasteiger partial charge in [-0.05, 0) is 30.5 Å². The Hall–Kier alpha value is -2.64. The zero-order valence-electron chi connectivity index (χ0n) is 18.3. The van der Waals surface area contributed by atoms with Crippen molar-refractivity contribution in [2.75, 3.05) is 10.7 Å². The molecular weight excluding hydrogens is 444 g/mol. The van der Waals surface area contributed by atoms with E-state index in [1.807, 2.05) is 49.4 Å². The second-order valence-electron chi connectivity index (χ2n) is 8.01. The second kappa shape index (κ2) is 9.88. The number of carbonyl (C=O) groups is 1. The summed E-state index contributed by atoms with van der Waals surface area (Å²) in [5, 5.41) is 9.90. The van der Waals surface area contributed by atoms with Crippen LogP contribution < -0.4 is 9.64 Å². The number of anilines is 1. The summed E-state index contributed by atoms with van der Waals surface area (Å²) in [6.45, 7) is 6.27. The van der Waals surface area contributed by atoms with Crippen molar-refractivity contribution in [1.82, 2.24) is 15.2 Å². The van der Waals surface area contributed by atoms with E-state index in [1.165, 1.54) is 11.8 Å². The molecule has 2 heterocycles. The fourth-order valence-electron chi connectivity index (χ4n) is 3.50. The highest BCUT2D eigenvalue weighted by atomic mass is 35.5. The van der Waals surface area contributed by atoms with Gasteiger partial charge in [0, 0.05) is 28.3 Å². The number of thioether (sulfide) groups is 1. The third-order valence-corrected chi connectivity index (χ3v) is 6.42. The van der Waals surface area contributed by atoms with Gasteiger partial charge in [0.05, 0.1) is 5.69 Å². The number of nitrogens with zero attached hydrogens (tertiary/aromatic N) is 4. The Morgan fingerprint density at radius 3 is 2.75 bits per heavy atom. The van der Waals surface area contributed by atoms with Gasteiger partial charge in [0.1, 0.15) is 0 Å². The Morgan fingerprint density at radius 2 is 2.00 bits per heavy atom. The van der Waals surface area contributed by atoms with E-state index in [2.05, 4.69) is 29.0 Å². The summed E-state index contributed by atoms with van der Waals surface area (Å²) >= 11 is 7.83. The molecule has 0 spiro atoms. The van der Waals surface area contributed by atoms with E-state index in [1.54, 1.807) is 11.0 Å². The van der Waals surface area contributed by atoms with Crippen molar-refractivity contribution in [2.24, 2.45) is 5.92 Å². The summed E-state index contributed by atoms with van der Waals surface area (Å²) < 4.78 is 6.43. The van der Waals surface area contributed by atoms with Gasteiger partial charge in [-0.25, -0.2) is 0 Å². The highest BCUT2D eigenvalue weighted by Crippen LogP contribution is 2.43. The SMILES string of the molecule is CCCC(=O)N1c2ccccc2-c2nnc(SCC(C)C)nc2OC1c1cccc(Cl)c1. The van der Waals surface area contributed by atoms with Crippen molar-refractivity contribution in [3.05, 3.63) is 59.1 Å². The van der Waals surface area contributed by atoms with E-state index in [0.717, 1.165) is 23.3 Å². The van der Waals surface area contributed by atoms with Crippen LogP contribution in [0.1, 0.15) is 45.4 Å². The first kappa shape index (κ1) is 22.6. The normalized spacial score (nSPS) is 15.0. The van der Waals surface area contributed by atoms with Crippen LogP contribution in [0.5, 0.6) is 5.88 Å². The molecule has 2 aromatic carbocycles. The number of benzene rings is 2. The van der Waals surface area contributed by atoms with E-state index >= 15 is 0 Å². The lowest BCUT2D eigenvalue weighted by Gasteiger charge is -2.31. The fourth-order valence-corrected chi connectivity index (χ4v) is 4.42. The lowest BCUT2D eigenvalue weighted by molar-refractivity contribution is -0.120. The van der Waals surface area contributed by atoms with Gasteiger partial charge in [-0.2, -0.15) is 4.98 Å². The van der Waals surface area contributed by atoms with Gasteiger partial charge < -0.3 is 4.74 Å². The van der Waals surface area contributed by atoms with E-state index < -0.39 is 6.23 Å². The van der Waals surface area contributed by atoms with Crippen molar-refractivity contribution >= 4 is 35.0 Å². The molecule has 0 aliphatic carbocycles. The number of hydrogen-bond acceptors (Lipinski definition) is 6. The van der Waals surface area contributed by atoms with Crippen molar-refractivity contribution in [3.8, 4) is 17.1 Å². The number of carbonyl (C=O) groups excluding carboxylic acids is 1. The van der Waals surface area contributed by atoms with Gasteiger partial charge in [0.25, 0.3) is 0 Å². The minimum Gasteiger partial charge on any atom is -0.447 e. The molecule has 8 heteroatoms. The predicted molar refractivity (Wildman–Crippen MR) is 128 cm³/mol. The highest BCUT2D eigenvalue weighted by Gasteiger charge is 2.35. The maximum atomic E-state index is 13.3. The molecule has 1 aliphatic rings. The average molecular weight is 469 g/mol. The molecule has 1 aliphatic heterocycles. The summed E-state index contributed by atoms with van der Waals surface area (Å²) in [4.78, 5) is 19.7. The number of fused-ring (bicyclic) bond motifs is 3. The monoisotopic (exact) mass is 468 g/mol. The third-order valence-electron chi connectivity index (χ3n) is 4.92. The first-order valence-corrected chi connectivity index (χ1v) is 12.1. The van der Waals surface area contributed by atoms with Crippen LogP contribution in [0.3, 0.4) is 0 Å². The van der Waals surface area contributed by atoms with Gasteiger partial charge >= 0.3 is 0 Å². The maximum Gasteiger partial charge on any atom is 0.247 e. The molecule has 4 rings (SSSR count). The number of amides is 1. The molecular formula is C24H25ClN4O2S. The van der Waals surface area contributed by atoms with Crippen LogP contribution in [0.4, 0.5) is 5.69 Å². The second-order valence-corrected chi connectivity index (χ2v) is 9.43. The Labute approximate surface area is 197 Å². The van der Waals surface area contributed by atoms with Crippen molar-refractivity contribution in [2.45, 2.75) is 45.0 Å². The number of hydrogen-bond donors (Lipinski definition) is 0. The quantitative estimate of drug-likeness (QED) is 0.403. The molecule has 3 aromatic rings. The van der Waals surface area contributed by atoms with Gasteiger partial charge in [-0.15, -0.1) is 10.2 Å². The standard InChI is InChI=1S/C24H25ClN4O2S/c1-4-8-20(30)29-19-12-6-5-11-18(19)21-22(26-24(28-27-21)32-14-15(2)3)31-23(29)16-9-7-10-17(25)13-16/h5-7,9-13,15,23H,4,8,14H2,1-3H3. The smallest absolute Gasteiger partial charge is 0.247 e. The summed E-state index contributed by atoms with van der Waals surface area (Å²) in [6, 6.07) is 15.0. The Morgan fingerprint density at radius 1 is 1.19 bits per heavy atom. The number of rotatable bonds is 6. The van der Waals surface area contributed by atoms with Crippen LogP contribution >= 0.6 is 23.4 Å². The Balaban J connectivity index is 1.88. The molecule has 1 unspecified atom stereocenters. The summed E-state index contributed by atoms with van der Waals surface area (Å²) in [6.07, 6.45) is 0.385. The van der Waals surface area contributed by atoms with Crippen molar-refractivity contribution in [3.63, 3.8) is 0 Å². The lowest BCUT2D eigenvalue weighted by atomic mass is 10.1. The zero-order valence-corrected chi connectivity index (χ0v) is 19.9. The Bertz CT molecular complexity index is 1120. The molecule has 0 saturated carbocycles. The maximum absolute atomic E-state index is 13.3. The van der Waals surface area contributed by atoms with Crippen LogP contribution in [0, 0.1) is 5.92 Å². The van der Waals surface area contributed by atoms with Crippen molar-refractivity contribution < 1.29 is 9.53 Å². The minimum absolute atomic E-state index is 0.0416. The third kappa shape index (κ3) is 4.74. The first-order valence-electron chi connectivity index (χ1n) is 10.7. The van der Waals surface area contributed by atoms with E-state index in [9.17, 15) is 4.79 Å². The molecule has 166 valence electrons. The van der Waals surface area contributed by atoms with E-state index in [4.69, 9.17) is 16.3 Å². The van der Waals surface area contributed by atoms with Gasteiger partial charge in [-0.3, -0.25) is 9.69 Å². The van der Waals surface area contributed by atoms with Crippen LogP contribution in [-0.4, -0.2) is 26.8 Å².